The number of aryl methyl sites for hydroxylation is 3. The van der Waals surface area contributed by atoms with Crippen molar-refractivity contribution in [2.75, 3.05) is 33.4 Å². The van der Waals surface area contributed by atoms with Crippen molar-refractivity contribution in [1.82, 2.24) is 14.5 Å². The number of hydrogen-bond acceptors (Lipinski definition) is 6. The Balaban J connectivity index is 1.29. The molecule has 8 heteroatoms. The molecule has 1 saturated heterocycles. The van der Waals surface area contributed by atoms with E-state index in [0.717, 1.165) is 71.0 Å². The van der Waals surface area contributed by atoms with Crippen molar-refractivity contribution < 1.29 is 19.3 Å². The smallest absolute Gasteiger partial charge is 0.161 e. The van der Waals surface area contributed by atoms with E-state index in [2.05, 4.69) is 26.6 Å². The summed E-state index contributed by atoms with van der Waals surface area (Å²) in [5.41, 5.74) is 2.28. The first-order valence-corrected chi connectivity index (χ1v) is 12.8. The Morgan fingerprint density at radius 3 is 2.39 bits per heavy atom. The molecule has 0 atom stereocenters. The molecule has 36 heavy (non-hydrogen) atoms. The maximum Gasteiger partial charge on any atom is 0.161 e. The van der Waals surface area contributed by atoms with Crippen LogP contribution in [0.5, 0.6) is 17.2 Å². The molecule has 0 unspecified atom stereocenters. The highest BCUT2D eigenvalue weighted by molar-refractivity contribution is 6.32. The molecule has 4 rings (SSSR count). The molecule has 1 aliphatic heterocycles. The van der Waals surface area contributed by atoms with Gasteiger partial charge in [-0.15, -0.1) is 0 Å². The molecular formula is C28H36ClN3O4. The Morgan fingerprint density at radius 1 is 1.03 bits per heavy atom. The molecule has 2 heterocycles. The third-order valence-electron chi connectivity index (χ3n) is 6.85. The maximum atomic E-state index is 11.1. The van der Waals surface area contributed by atoms with E-state index in [1.807, 2.05) is 45.2 Å². The highest BCUT2D eigenvalue weighted by Gasteiger charge is 2.33. The second-order valence-corrected chi connectivity index (χ2v) is 10.0. The van der Waals surface area contributed by atoms with Gasteiger partial charge in [0.1, 0.15) is 30.4 Å². The number of benzene rings is 2. The molecule has 0 aliphatic carbocycles. The van der Waals surface area contributed by atoms with Gasteiger partial charge < -0.3 is 23.9 Å². The van der Waals surface area contributed by atoms with Crippen LogP contribution in [0.1, 0.15) is 35.4 Å². The van der Waals surface area contributed by atoms with Crippen LogP contribution in [-0.2, 0) is 13.1 Å². The number of methoxy groups -OCH3 is 1. The molecule has 0 amide bonds. The minimum atomic E-state index is -0.836. The fourth-order valence-corrected chi connectivity index (χ4v) is 4.67. The Hall–Kier alpha value is -2.74. The summed E-state index contributed by atoms with van der Waals surface area (Å²) in [5, 5.41) is 11.9. The molecule has 1 fully saturated rings. The lowest BCUT2D eigenvalue weighted by Gasteiger charge is -2.38. The van der Waals surface area contributed by atoms with Gasteiger partial charge >= 0.3 is 0 Å². The third-order valence-corrected chi connectivity index (χ3v) is 7.45. The summed E-state index contributed by atoms with van der Waals surface area (Å²) in [6, 6.07) is 9.92. The molecule has 1 aromatic heterocycles. The monoisotopic (exact) mass is 513 g/mol. The lowest BCUT2D eigenvalue weighted by Crippen LogP contribution is -2.47. The molecule has 0 radical (unpaired) electrons. The number of imidazole rings is 1. The minimum Gasteiger partial charge on any atom is -0.493 e. The van der Waals surface area contributed by atoms with E-state index >= 15 is 0 Å². The van der Waals surface area contributed by atoms with Crippen LogP contribution < -0.4 is 14.2 Å². The van der Waals surface area contributed by atoms with Gasteiger partial charge in [0.2, 0.25) is 0 Å². The number of halogens is 1. The normalized spacial score (nSPS) is 15.6. The van der Waals surface area contributed by atoms with Crippen LogP contribution in [-0.4, -0.2) is 58.6 Å². The first-order valence-electron chi connectivity index (χ1n) is 12.4. The number of aliphatic hydroxyl groups is 1. The van der Waals surface area contributed by atoms with Gasteiger partial charge in [-0.1, -0.05) is 17.7 Å². The number of ether oxygens (including phenoxy) is 3. The van der Waals surface area contributed by atoms with Crippen LogP contribution in [0.15, 0.2) is 42.7 Å². The summed E-state index contributed by atoms with van der Waals surface area (Å²) < 4.78 is 19.6. The third kappa shape index (κ3) is 6.52. The largest absolute Gasteiger partial charge is 0.493 e. The van der Waals surface area contributed by atoms with Crippen molar-refractivity contribution in [3.8, 4) is 17.2 Å². The lowest BCUT2D eigenvalue weighted by molar-refractivity contribution is -0.0537. The van der Waals surface area contributed by atoms with E-state index in [9.17, 15) is 5.11 Å². The number of nitrogens with zero attached hydrogens (tertiary/aromatic N) is 3. The lowest BCUT2D eigenvalue weighted by atomic mass is 9.92. The number of rotatable bonds is 10. The van der Waals surface area contributed by atoms with Crippen molar-refractivity contribution in [3.63, 3.8) is 0 Å². The van der Waals surface area contributed by atoms with Gasteiger partial charge in [-0.25, -0.2) is 4.98 Å². The minimum absolute atomic E-state index is 0.276. The Labute approximate surface area is 218 Å². The summed E-state index contributed by atoms with van der Waals surface area (Å²) in [6.45, 7) is 9.80. The molecule has 194 valence electrons. The van der Waals surface area contributed by atoms with Crippen molar-refractivity contribution in [2.24, 2.45) is 0 Å². The number of hydrogen-bond donors (Lipinski definition) is 1. The standard InChI is InChI=1S/C28H36ClN3O4/c1-20-15-24(16-21(2)27(20)29)36-19-28(33)7-10-31(11-8-28)18-23-5-6-25(34-4)26(17-23)35-14-13-32-12-9-30-22(32)3/h5-6,9,12,15-17,33H,7-8,10-11,13-14,18-19H2,1-4H3. The van der Waals surface area contributed by atoms with Crippen molar-refractivity contribution in [2.45, 2.75) is 52.3 Å². The summed E-state index contributed by atoms with van der Waals surface area (Å²) >= 11 is 6.26. The summed E-state index contributed by atoms with van der Waals surface area (Å²) in [4.78, 5) is 6.60. The molecule has 1 N–H and O–H groups in total. The zero-order chi connectivity index (χ0) is 25.7. The maximum absolute atomic E-state index is 11.1. The second-order valence-electron chi connectivity index (χ2n) is 9.66. The Kier molecular flexibility index (Phi) is 8.44. The molecule has 2 aromatic carbocycles. The van der Waals surface area contributed by atoms with Crippen LogP contribution in [0.3, 0.4) is 0 Å². The van der Waals surface area contributed by atoms with Crippen molar-refractivity contribution >= 4 is 11.6 Å². The average Bonchev–Trinajstić information content (AvgIpc) is 3.27. The van der Waals surface area contributed by atoms with Crippen LogP contribution in [0.25, 0.3) is 0 Å². The summed E-state index contributed by atoms with van der Waals surface area (Å²) in [7, 11) is 1.65. The fraction of sp³-hybridized carbons (Fsp3) is 0.464. The predicted octanol–water partition coefficient (Wildman–Crippen LogP) is 4.96. The molecule has 0 saturated carbocycles. The molecule has 0 spiro atoms. The first-order chi connectivity index (χ1) is 17.3. The van der Waals surface area contributed by atoms with Gasteiger partial charge in [-0.2, -0.15) is 0 Å². The van der Waals surface area contributed by atoms with E-state index in [-0.39, 0.29) is 6.61 Å². The quantitative estimate of drug-likeness (QED) is 0.413. The topological polar surface area (TPSA) is 69.0 Å². The zero-order valence-electron chi connectivity index (χ0n) is 21.6. The van der Waals surface area contributed by atoms with Gasteiger partial charge in [0.05, 0.1) is 13.7 Å². The average molecular weight is 514 g/mol. The fourth-order valence-electron chi connectivity index (χ4n) is 4.56. The van der Waals surface area contributed by atoms with E-state index in [0.29, 0.717) is 19.4 Å². The molecule has 1 aliphatic rings. The summed E-state index contributed by atoms with van der Waals surface area (Å²) in [6.07, 6.45) is 5.05. The zero-order valence-corrected chi connectivity index (χ0v) is 22.3. The molecular weight excluding hydrogens is 478 g/mol. The van der Waals surface area contributed by atoms with Gasteiger partial charge in [0.25, 0.3) is 0 Å². The van der Waals surface area contributed by atoms with Gasteiger partial charge in [0.15, 0.2) is 11.5 Å². The summed E-state index contributed by atoms with van der Waals surface area (Å²) in [5.74, 6) is 3.18. The van der Waals surface area contributed by atoms with Gasteiger partial charge in [-0.3, -0.25) is 4.90 Å². The van der Waals surface area contributed by atoms with Crippen molar-refractivity contribution in [1.29, 1.82) is 0 Å². The Bertz CT molecular complexity index is 1150. The highest BCUT2D eigenvalue weighted by Crippen LogP contribution is 2.31. The molecule has 3 aromatic rings. The van der Waals surface area contributed by atoms with Gasteiger partial charge in [-0.05, 0) is 74.6 Å². The molecule has 7 nitrogen and oxygen atoms in total. The number of aromatic nitrogens is 2. The second kappa shape index (κ2) is 11.5. The van der Waals surface area contributed by atoms with Crippen LogP contribution in [0.4, 0.5) is 0 Å². The van der Waals surface area contributed by atoms with E-state index in [1.54, 1.807) is 13.3 Å². The van der Waals surface area contributed by atoms with Crippen LogP contribution in [0, 0.1) is 20.8 Å². The van der Waals surface area contributed by atoms with Gasteiger partial charge in [0, 0.05) is 37.1 Å². The van der Waals surface area contributed by atoms with E-state index < -0.39 is 5.60 Å². The van der Waals surface area contributed by atoms with Crippen LogP contribution >= 0.6 is 11.6 Å². The number of likely N-dealkylation sites (tertiary alicyclic amines) is 1. The van der Waals surface area contributed by atoms with Crippen LogP contribution in [0.2, 0.25) is 5.02 Å². The molecule has 0 bridgehead atoms. The highest BCUT2D eigenvalue weighted by atomic mass is 35.5. The Morgan fingerprint density at radius 2 is 1.75 bits per heavy atom. The SMILES string of the molecule is COc1ccc(CN2CCC(O)(COc3cc(C)c(Cl)c(C)c3)CC2)cc1OCCn1ccnc1C. The van der Waals surface area contributed by atoms with E-state index in [4.69, 9.17) is 25.8 Å². The number of piperidine rings is 1. The van der Waals surface area contributed by atoms with Crippen molar-refractivity contribution in [3.05, 3.63) is 70.3 Å². The first kappa shape index (κ1) is 26.3. The van der Waals surface area contributed by atoms with E-state index in [1.165, 1.54) is 0 Å². The predicted molar refractivity (Wildman–Crippen MR) is 141 cm³/mol.